The lowest BCUT2D eigenvalue weighted by molar-refractivity contribution is -0.143. The Bertz CT molecular complexity index is 877. The van der Waals surface area contributed by atoms with Gasteiger partial charge in [0.25, 0.3) is 0 Å². The van der Waals surface area contributed by atoms with Gasteiger partial charge in [0, 0.05) is 23.4 Å². The van der Waals surface area contributed by atoms with E-state index in [0.717, 1.165) is 29.0 Å². The Hall–Kier alpha value is -2.54. The fraction of sp³-hybridized carbons (Fsp3) is 0.455. The van der Waals surface area contributed by atoms with E-state index in [9.17, 15) is 9.59 Å². The van der Waals surface area contributed by atoms with E-state index in [1.165, 1.54) is 0 Å². The molecule has 0 N–H and O–H groups in total. The molecule has 4 rings (SSSR count). The van der Waals surface area contributed by atoms with E-state index in [1.54, 1.807) is 16.2 Å². The Morgan fingerprint density at radius 1 is 1.14 bits per heavy atom. The molecule has 6 nitrogen and oxygen atoms in total. The van der Waals surface area contributed by atoms with Crippen molar-refractivity contribution in [1.29, 1.82) is 0 Å². The molecule has 1 aromatic carbocycles. The molecule has 0 unspecified atom stereocenters. The van der Waals surface area contributed by atoms with Crippen LogP contribution in [0.4, 0.5) is 0 Å². The molecule has 2 aliphatic rings. The third-order valence-electron chi connectivity index (χ3n) is 5.23. The summed E-state index contributed by atoms with van der Waals surface area (Å²) in [5, 5.41) is 2.01. The number of carbonyl (C=O) groups excluding carboxylic acids is 2. The van der Waals surface area contributed by atoms with E-state index in [0.29, 0.717) is 18.8 Å². The molecular weight excluding hydrogens is 388 g/mol. The van der Waals surface area contributed by atoms with E-state index >= 15 is 0 Å². The maximum absolute atomic E-state index is 13.3. The SMILES string of the molecule is CC(C)N(CC(=O)N(Cc1ccc2c(c1)OCO2)Cc1cccs1)C(=O)C1CC1. The lowest BCUT2D eigenvalue weighted by Crippen LogP contribution is -2.46. The van der Waals surface area contributed by atoms with E-state index in [2.05, 4.69) is 0 Å². The van der Waals surface area contributed by atoms with Crippen molar-refractivity contribution in [3.05, 3.63) is 46.2 Å². The van der Waals surface area contributed by atoms with Crippen molar-refractivity contribution in [1.82, 2.24) is 9.80 Å². The standard InChI is InChI=1S/C22H26N2O4S/c1-15(2)24(22(26)17-6-7-17)13-21(25)23(12-18-4-3-9-29-18)11-16-5-8-19-20(10-16)28-14-27-19/h3-5,8-10,15,17H,6-7,11-14H2,1-2H3. The molecule has 0 radical (unpaired) electrons. The Labute approximate surface area is 175 Å². The quantitative estimate of drug-likeness (QED) is 0.662. The van der Waals surface area contributed by atoms with Crippen molar-refractivity contribution >= 4 is 23.2 Å². The summed E-state index contributed by atoms with van der Waals surface area (Å²) in [7, 11) is 0. The number of fused-ring (bicyclic) bond motifs is 1. The summed E-state index contributed by atoms with van der Waals surface area (Å²) >= 11 is 1.63. The molecule has 0 bridgehead atoms. The topological polar surface area (TPSA) is 59.1 Å². The first-order valence-electron chi connectivity index (χ1n) is 10.0. The van der Waals surface area contributed by atoms with Crippen molar-refractivity contribution in [2.24, 2.45) is 5.92 Å². The zero-order valence-electron chi connectivity index (χ0n) is 16.8. The summed E-state index contributed by atoms with van der Waals surface area (Å²) in [5.74, 6) is 1.60. The molecule has 1 aliphatic heterocycles. The maximum Gasteiger partial charge on any atom is 0.242 e. The molecule has 1 fully saturated rings. The Kier molecular flexibility index (Phi) is 5.76. The van der Waals surface area contributed by atoms with Gasteiger partial charge in [-0.05, 0) is 55.8 Å². The first-order chi connectivity index (χ1) is 14.0. The van der Waals surface area contributed by atoms with Crippen molar-refractivity contribution < 1.29 is 19.1 Å². The van der Waals surface area contributed by atoms with Gasteiger partial charge in [0.05, 0.1) is 6.54 Å². The highest BCUT2D eigenvalue weighted by molar-refractivity contribution is 7.09. The highest BCUT2D eigenvalue weighted by Gasteiger charge is 2.35. The van der Waals surface area contributed by atoms with E-state index in [-0.39, 0.29) is 37.1 Å². The lowest BCUT2D eigenvalue weighted by atomic mass is 10.1. The molecule has 1 aromatic heterocycles. The van der Waals surface area contributed by atoms with Gasteiger partial charge in [-0.15, -0.1) is 11.3 Å². The summed E-state index contributed by atoms with van der Waals surface area (Å²) in [6.45, 7) is 5.25. The average Bonchev–Trinajstić information content (AvgIpc) is 3.22. The van der Waals surface area contributed by atoms with Crippen molar-refractivity contribution in [3.63, 3.8) is 0 Å². The monoisotopic (exact) mass is 414 g/mol. The minimum Gasteiger partial charge on any atom is -0.454 e. The fourth-order valence-corrected chi connectivity index (χ4v) is 4.13. The van der Waals surface area contributed by atoms with Crippen molar-refractivity contribution in [3.8, 4) is 11.5 Å². The van der Waals surface area contributed by atoms with Gasteiger partial charge >= 0.3 is 0 Å². The summed E-state index contributed by atoms with van der Waals surface area (Å²) in [5.41, 5.74) is 0.976. The molecule has 0 saturated heterocycles. The smallest absolute Gasteiger partial charge is 0.242 e. The number of amides is 2. The van der Waals surface area contributed by atoms with Crippen LogP contribution in [0.5, 0.6) is 11.5 Å². The minimum atomic E-state index is -0.0428. The first kappa shape index (κ1) is 19.8. The van der Waals surface area contributed by atoms with Crippen LogP contribution in [0.1, 0.15) is 37.1 Å². The van der Waals surface area contributed by atoms with Crippen LogP contribution in [-0.2, 0) is 22.7 Å². The van der Waals surface area contributed by atoms with E-state index in [1.807, 2.05) is 54.5 Å². The van der Waals surface area contributed by atoms with Crippen LogP contribution in [0.15, 0.2) is 35.7 Å². The zero-order valence-corrected chi connectivity index (χ0v) is 17.6. The third kappa shape index (κ3) is 4.72. The minimum absolute atomic E-state index is 0.00109. The number of hydrogen-bond acceptors (Lipinski definition) is 5. The predicted octanol–water partition coefficient (Wildman–Crippen LogP) is 3.65. The summed E-state index contributed by atoms with van der Waals surface area (Å²) in [6, 6.07) is 9.77. The van der Waals surface area contributed by atoms with Crippen LogP contribution in [0.25, 0.3) is 0 Å². The molecule has 0 atom stereocenters. The van der Waals surface area contributed by atoms with Crippen LogP contribution in [0.2, 0.25) is 0 Å². The van der Waals surface area contributed by atoms with Gasteiger partial charge in [-0.2, -0.15) is 0 Å². The molecule has 29 heavy (non-hydrogen) atoms. The molecule has 2 heterocycles. The summed E-state index contributed by atoms with van der Waals surface area (Å²) in [6.07, 6.45) is 1.87. The largest absolute Gasteiger partial charge is 0.454 e. The van der Waals surface area contributed by atoms with Gasteiger partial charge in [0.1, 0.15) is 6.54 Å². The molecule has 1 saturated carbocycles. The Balaban J connectivity index is 1.51. The Morgan fingerprint density at radius 3 is 2.62 bits per heavy atom. The number of thiophene rings is 1. The molecular formula is C22H26N2O4S. The van der Waals surface area contributed by atoms with Crippen LogP contribution in [0, 0.1) is 5.92 Å². The van der Waals surface area contributed by atoms with E-state index < -0.39 is 0 Å². The van der Waals surface area contributed by atoms with Gasteiger partial charge in [-0.3, -0.25) is 9.59 Å². The second-order valence-electron chi connectivity index (χ2n) is 7.85. The van der Waals surface area contributed by atoms with Crippen molar-refractivity contribution in [2.75, 3.05) is 13.3 Å². The van der Waals surface area contributed by atoms with Crippen LogP contribution < -0.4 is 9.47 Å². The summed E-state index contributed by atoms with van der Waals surface area (Å²) in [4.78, 5) is 30.5. The average molecular weight is 415 g/mol. The number of hydrogen-bond donors (Lipinski definition) is 0. The Morgan fingerprint density at radius 2 is 1.93 bits per heavy atom. The highest BCUT2D eigenvalue weighted by Crippen LogP contribution is 2.33. The van der Waals surface area contributed by atoms with Gasteiger partial charge in [0.2, 0.25) is 18.6 Å². The second kappa shape index (κ2) is 8.45. The normalized spacial score (nSPS) is 14.9. The number of ether oxygens (including phenoxy) is 2. The predicted molar refractivity (Wildman–Crippen MR) is 111 cm³/mol. The maximum atomic E-state index is 13.3. The van der Waals surface area contributed by atoms with Crippen molar-refractivity contribution in [2.45, 2.75) is 45.8 Å². The highest BCUT2D eigenvalue weighted by atomic mass is 32.1. The van der Waals surface area contributed by atoms with Crippen LogP contribution in [-0.4, -0.2) is 41.0 Å². The lowest BCUT2D eigenvalue weighted by Gasteiger charge is -2.30. The fourth-order valence-electron chi connectivity index (χ4n) is 3.41. The molecule has 2 aromatic rings. The third-order valence-corrected chi connectivity index (χ3v) is 6.09. The first-order valence-corrected chi connectivity index (χ1v) is 10.9. The van der Waals surface area contributed by atoms with E-state index in [4.69, 9.17) is 9.47 Å². The number of benzene rings is 1. The summed E-state index contributed by atoms with van der Waals surface area (Å²) < 4.78 is 10.9. The molecule has 154 valence electrons. The molecule has 2 amide bonds. The molecule has 1 aliphatic carbocycles. The van der Waals surface area contributed by atoms with Gasteiger partial charge in [0.15, 0.2) is 11.5 Å². The zero-order chi connectivity index (χ0) is 20.4. The second-order valence-corrected chi connectivity index (χ2v) is 8.88. The van der Waals surface area contributed by atoms with Gasteiger partial charge in [-0.1, -0.05) is 12.1 Å². The van der Waals surface area contributed by atoms with Gasteiger partial charge < -0.3 is 19.3 Å². The van der Waals surface area contributed by atoms with Crippen LogP contribution >= 0.6 is 11.3 Å². The van der Waals surface area contributed by atoms with Gasteiger partial charge in [-0.25, -0.2) is 0 Å². The molecule has 0 spiro atoms. The van der Waals surface area contributed by atoms with Crippen LogP contribution in [0.3, 0.4) is 0 Å². The molecule has 7 heteroatoms. The number of nitrogens with zero attached hydrogens (tertiary/aromatic N) is 2. The number of rotatable bonds is 8. The number of carbonyl (C=O) groups is 2.